The molecule has 1 saturated carbocycles. The van der Waals surface area contributed by atoms with E-state index in [9.17, 15) is 14.0 Å². The van der Waals surface area contributed by atoms with Crippen molar-refractivity contribution in [2.75, 3.05) is 11.9 Å². The highest BCUT2D eigenvalue weighted by molar-refractivity contribution is 5.97. The normalized spacial score (nSPS) is 14.5. The number of carbonyl (C=O) groups is 2. The summed E-state index contributed by atoms with van der Waals surface area (Å²) < 4.78 is 44.4. The van der Waals surface area contributed by atoms with Crippen molar-refractivity contribution in [3.63, 3.8) is 0 Å². The van der Waals surface area contributed by atoms with E-state index in [0.29, 0.717) is 17.7 Å². The van der Waals surface area contributed by atoms with Gasteiger partial charge < -0.3 is 15.7 Å². The molecule has 0 heterocycles. The molecular formula is C24H25F3N2O3. The van der Waals surface area contributed by atoms with Gasteiger partial charge in [-0.05, 0) is 61.6 Å². The van der Waals surface area contributed by atoms with Gasteiger partial charge >= 0.3 is 5.97 Å². The average Bonchev–Trinajstić information content (AvgIpc) is 3.27. The summed E-state index contributed by atoms with van der Waals surface area (Å²) in [6.07, 6.45) is 5.19. The van der Waals surface area contributed by atoms with Crippen molar-refractivity contribution < 1.29 is 27.9 Å². The highest BCUT2D eigenvalue weighted by atomic mass is 19.1. The van der Waals surface area contributed by atoms with Gasteiger partial charge in [0.15, 0.2) is 5.83 Å². The summed E-state index contributed by atoms with van der Waals surface area (Å²) in [6.45, 7) is 1.89. The zero-order valence-corrected chi connectivity index (χ0v) is 17.9. The third kappa shape index (κ3) is 5.12. The third-order valence-corrected chi connectivity index (χ3v) is 5.68. The second kappa shape index (κ2) is 9.89. The molecule has 3 N–H and O–H groups in total. The summed E-state index contributed by atoms with van der Waals surface area (Å²) in [5.74, 6) is -5.66. The summed E-state index contributed by atoms with van der Waals surface area (Å²) in [5, 5.41) is 13.8. The lowest BCUT2D eigenvalue weighted by Gasteiger charge is -2.17. The summed E-state index contributed by atoms with van der Waals surface area (Å²) >= 11 is 0. The Balaban J connectivity index is 1.90. The largest absolute Gasteiger partial charge is 0.480 e. The molecule has 8 heteroatoms. The molecule has 0 aliphatic heterocycles. The van der Waals surface area contributed by atoms with Crippen molar-refractivity contribution >= 4 is 23.6 Å². The Kier molecular flexibility index (Phi) is 7.22. The molecule has 5 nitrogen and oxygen atoms in total. The highest BCUT2D eigenvalue weighted by Gasteiger charge is 2.22. The van der Waals surface area contributed by atoms with E-state index in [4.69, 9.17) is 5.11 Å². The number of rotatable bonds is 7. The van der Waals surface area contributed by atoms with Crippen LogP contribution in [0.4, 0.5) is 18.9 Å². The maximum atomic E-state index is 15.2. The number of amides is 1. The van der Waals surface area contributed by atoms with Gasteiger partial charge in [-0.2, -0.15) is 0 Å². The first-order chi connectivity index (χ1) is 15.2. The minimum atomic E-state index is -1.41. The van der Waals surface area contributed by atoms with Crippen LogP contribution in [0.1, 0.15) is 42.4 Å². The van der Waals surface area contributed by atoms with E-state index < -0.39 is 41.4 Å². The summed E-state index contributed by atoms with van der Waals surface area (Å²) in [7, 11) is 0. The Morgan fingerprint density at radius 3 is 2.28 bits per heavy atom. The Morgan fingerprint density at radius 2 is 1.69 bits per heavy atom. The second-order valence-electron chi connectivity index (χ2n) is 7.94. The number of carbonyl (C=O) groups excluding carboxylic acids is 1. The van der Waals surface area contributed by atoms with Gasteiger partial charge in [0.05, 0.1) is 0 Å². The second-order valence-corrected chi connectivity index (χ2v) is 7.94. The van der Waals surface area contributed by atoms with Crippen LogP contribution in [0.15, 0.2) is 30.1 Å². The number of benzene rings is 2. The SMILES string of the molecule is Cc1c(F)c(-c2ccc(NC3CCCC3)cc2)c(C)c(F)c1C=C(F)C(=O)NCC(=O)O. The van der Waals surface area contributed by atoms with E-state index in [1.54, 1.807) is 12.1 Å². The van der Waals surface area contributed by atoms with Crippen molar-refractivity contribution in [3.05, 3.63) is 58.4 Å². The molecule has 0 bridgehead atoms. The van der Waals surface area contributed by atoms with E-state index in [-0.39, 0.29) is 16.7 Å². The molecule has 0 aromatic heterocycles. The zero-order valence-electron chi connectivity index (χ0n) is 17.9. The lowest BCUT2D eigenvalue weighted by Crippen LogP contribution is -2.29. The van der Waals surface area contributed by atoms with Gasteiger partial charge in [0.1, 0.15) is 18.2 Å². The van der Waals surface area contributed by atoms with Crippen molar-refractivity contribution in [1.82, 2.24) is 5.32 Å². The van der Waals surface area contributed by atoms with Crippen molar-refractivity contribution in [2.24, 2.45) is 0 Å². The van der Waals surface area contributed by atoms with Crippen LogP contribution in [0.25, 0.3) is 17.2 Å². The first-order valence-electron chi connectivity index (χ1n) is 10.4. The predicted molar refractivity (Wildman–Crippen MR) is 117 cm³/mol. The van der Waals surface area contributed by atoms with E-state index in [2.05, 4.69) is 5.32 Å². The number of halogens is 3. The summed E-state index contributed by atoms with van der Waals surface area (Å²) in [6, 6.07) is 7.47. The molecule has 3 rings (SSSR count). The molecule has 2 aromatic rings. The van der Waals surface area contributed by atoms with E-state index in [1.807, 2.05) is 17.4 Å². The molecular weight excluding hydrogens is 421 g/mol. The summed E-state index contributed by atoms with van der Waals surface area (Å²) in [5.41, 5.74) is 0.887. The van der Waals surface area contributed by atoms with Crippen molar-refractivity contribution in [3.8, 4) is 11.1 Å². The molecule has 0 saturated heterocycles. The molecule has 0 unspecified atom stereocenters. The Morgan fingerprint density at radius 1 is 1.06 bits per heavy atom. The highest BCUT2D eigenvalue weighted by Crippen LogP contribution is 2.35. The fourth-order valence-corrected chi connectivity index (χ4v) is 3.93. The Bertz CT molecular complexity index is 1030. The standard InChI is InChI=1S/C24H25F3N2O3/c1-13-18(11-19(25)24(32)28-12-20(30)31)22(26)14(2)21(23(13)27)15-7-9-17(10-8-15)29-16-5-3-4-6-16/h7-11,16,29H,3-6,12H2,1-2H3,(H,28,32)(H,30,31). The maximum absolute atomic E-state index is 15.2. The molecule has 0 radical (unpaired) electrons. The Labute approximate surface area is 184 Å². The zero-order chi connectivity index (χ0) is 23.4. The van der Waals surface area contributed by atoms with Gasteiger partial charge in [-0.15, -0.1) is 0 Å². The molecule has 32 heavy (non-hydrogen) atoms. The van der Waals surface area contributed by atoms with E-state index in [1.165, 1.54) is 26.7 Å². The number of carboxylic acids is 1. The van der Waals surface area contributed by atoms with E-state index in [0.717, 1.165) is 18.5 Å². The first kappa shape index (κ1) is 23.4. The van der Waals surface area contributed by atoms with Crippen molar-refractivity contribution in [2.45, 2.75) is 45.6 Å². The fraction of sp³-hybridized carbons (Fsp3) is 0.333. The number of nitrogens with one attached hydrogen (secondary N) is 2. The van der Waals surface area contributed by atoms with Crippen LogP contribution in [0.5, 0.6) is 0 Å². The van der Waals surface area contributed by atoms with Crippen LogP contribution in [0.2, 0.25) is 0 Å². The predicted octanol–water partition coefficient (Wildman–Crippen LogP) is 5.11. The van der Waals surface area contributed by atoms with Gasteiger partial charge in [-0.3, -0.25) is 9.59 Å². The molecule has 0 spiro atoms. The lowest BCUT2D eigenvalue weighted by atomic mass is 9.92. The van der Waals surface area contributed by atoms with E-state index >= 15 is 8.78 Å². The molecule has 1 amide bonds. The molecule has 170 valence electrons. The molecule has 1 aliphatic carbocycles. The average molecular weight is 446 g/mol. The maximum Gasteiger partial charge on any atom is 0.322 e. The van der Waals surface area contributed by atoms with Gasteiger partial charge in [0.2, 0.25) is 0 Å². The number of anilines is 1. The van der Waals surface area contributed by atoms with Gasteiger partial charge in [-0.25, -0.2) is 13.2 Å². The van der Waals surface area contributed by atoms with Crippen LogP contribution in [-0.2, 0) is 9.59 Å². The van der Waals surface area contributed by atoms with Crippen LogP contribution >= 0.6 is 0 Å². The number of carboxylic acid groups (broad SMARTS) is 1. The van der Waals surface area contributed by atoms with Crippen LogP contribution in [-0.4, -0.2) is 29.6 Å². The molecule has 1 aliphatic rings. The number of hydrogen-bond acceptors (Lipinski definition) is 3. The topological polar surface area (TPSA) is 78.4 Å². The first-order valence-corrected chi connectivity index (χ1v) is 10.4. The summed E-state index contributed by atoms with van der Waals surface area (Å²) in [4.78, 5) is 22.1. The third-order valence-electron chi connectivity index (χ3n) is 5.68. The van der Waals surface area contributed by atoms with Gasteiger partial charge in [0, 0.05) is 22.9 Å². The van der Waals surface area contributed by atoms with Gasteiger partial charge in [-0.1, -0.05) is 25.0 Å². The number of hydrogen-bond donors (Lipinski definition) is 3. The molecule has 1 fully saturated rings. The molecule has 0 atom stereocenters. The van der Waals surface area contributed by atoms with Crippen LogP contribution in [0.3, 0.4) is 0 Å². The minimum absolute atomic E-state index is 0.0189. The monoisotopic (exact) mass is 446 g/mol. The van der Waals surface area contributed by atoms with Crippen LogP contribution < -0.4 is 10.6 Å². The quantitative estimate of drug-likeness (QED) is 0.516. The van der Waals surface area contributed by atoms with Crippen molar-refractivity contribution in [1.29, 1.82) is 0 Å². The smallest absolute Gasteiger partial charge is 0.322 e. The van der Waals surface area contributed by atoms with Crippen LogP contribution in [0, 0.1) is 25.5 Å². The number of aliphatic carboxylic acids is 1. The molecule has 2 aromatic carbocycles. The van der Waals surface area contributed by atoms with Gasteiger partial charge in [0.25, 0.3) is 5.91 Å². The minimum Gasteiger partial charge on any atom is -0.480 e. The lowest BCUT2D eigenvalue weighted by molar-refractivity contribution is -0.137. The Hall–Kier alpha value is -3.29. The fourth-order valence-electron chi connectivity index (χ4n) is 3.93.